The first-order valence-electron chi connectivity index (χ1n) is 11.7. The van der Waals surface area contributed by atoms with Crippen molar-refractivity contribution >= 4 is 11.6 Å². The molecule has 172 valence electrons. The van der Waals surface area contributed by atoms with Gasteiger partial charge in [-0.15, -0.1) is 0 Å². The molecule has 2 saturated heterocycles. The maximum Gasteiger partial charge on any atom is 0.251 e. The largest absolute Gasteiger partial charge is 0.497 e. The Morgan fingerprint density at radius 2 is 1.91 bits per heavy atom. The maximum atomic E-state index is 12.6. The molecule has 2 aliphatic rings. The van der Waals surface area contributed by atoms with Gasteiger partial charge in [0, 0.05) is 36.8 Å². The van der Waals surface area contributed by atoms with Crippen molar-refractivity contribution < 1.29 is 9.53 Å². The summed E-state index contributed by atoms with van der Waals surface area (Å²) in [6.45, 7) is 4.65. The van der Waals surface area contributed by atoms with Crippen LogP contribution in [0.5, 0.6) is 5.75 Å². The molecule has 0 aliphatic carbocycles. The molecular weight excluding hydrogens is 402 g/mol. The first kappa shape index (κ1) is 22.6. The molecule has 2 fully saturated rings. The second kappa shape index (κ2) is 11.3. The molecule has 0 spiro atoms. The van der Waals surface area contributed by atoms with Crippen molar-refractivity contribution in [2.45, 2.75) is 31.5 Å². The van der Waals surface area contributed by atoms with Crippen molar-refractivity contribution in [3.05, 3.63) is 59.7 Å². The molecule has 2 aromatic carbocycles. The number of ether oxygens (including phenoxy) is 1. The van der Waals surface area contributed by atoms with Crippen LogP contribution in [0, 0.1) is 5.92 Å². The number of amides is 1. The van der Waals surface area contributed by atoms with Gasteiger partial charge in [0.25, 0.3) is 5.91 Å². The molecule has 2 aliphatic heterocycles. The molecule has 32 heavy (non-hydrogen) atoms. The zero-order valence-electron chi connectivity index (χ0n) is 18.8. The molecule has 0 bridgehead atoms. The summed E-state index contributed by atoms with van der Waals surface area (Å²) in [5.41, 5.74) is 2.89. The maximum absolute atomic E-state index is 12.6. The summed E-state index contributed by atoms with van der Waals surface area (Å²) in [7, 11) is 1.68. The minimum atomic E-state index is -0.0402. The van der Waals surface area contributed by atoms with E-state index in [1.165, 1.54) is 18.4 Å². The Bertz CT molecular complexity index is 859. The molecule has 7 heteroatoms. The van der Waals surface area contributed by atoms with Crippen LogP contribution in [-0.4, -0.2) is 52.0 Å². The second-order valence-corrected chi connectivity index (χ2v) is 8.70. The standard InChI is InChI=1S/C25H35N5O2/c1-32-23-9-7-19(8-10-23)21-16-28-25(29-17-21)30-22-6-2-5-20(14-22)24(31)27-13-11-18-4-3-12-26-15-18/h2,5-10,14,18,21,25-26,28-30H,3-4,11-13,15-17H2,1H3,(H,27,31). The van der Waals surface area contributed by atoms with Gasteiger partial charge in [-0.25, -0.2) is 0 Å². The van der Waals surface area contributed by atoms with E-state index in [1.54, 1.807) is 7.11 Å². The predicted octanol–water partition coefficient (Wildman–Crippen LogP) is 2.49. The number of carbonyl (C=O) groups excluding carboxylic acids is 1. The van der Waals surface area contributed by atoms with Crippen molar-refractivity contribution in [1.29, 1.82) is 0 Å². The molecule has 2 heterocycles. The number of hydrogen-bond acceptors (Lipinski definition) is 6. The van der Waals surface area contributed by atoms with Crippen LogP contribution in [-0.2, 0) is 0 Å². The Labute approximate surface area is 190 Å². The van der Waals surface area contributed by atoms with E-state index in [-0.39, 0.29) is 12.2 Å². The third-order valence-corrected chi connectivity index (χ3v) is 6.40. The van der Waals surface area contributed by atoms with E-state index in [0.717, 1.165) is 50.6 Å². The molecule has 0 saturated carbocycles. The minimum Gasteiger partial charge on any atom is -0.497 e. The summed E-state index contributed by atoms with van der Waals surface area (Å²) in [5, 5.41) is 17.0. The monoisotopic (exact) mass is 437 g/mol. The van der Waals surface area contributed by atoms with Gasteiger partial charge in [-0.3, -0.25) is 15.4 Å². The Kier molecular flexibility index (Phi) is 7.98. The number of benzene rings is 2. The van der Waals surface area contributed by atoms with Crippen molar-refractivity contribution in [2.24, 2.45) is 5.92 Å². The van der Waals surface area contributed by atoms with Crippen molar-refractivity contribution in [3.63, 3.8) is 0 Å². The average molecular weight is 438 g/mol. The van der Waals surface area contributed by atoms with Gasteiger partial charge in [0.2, 0.25) is 0 Å². The number of piperidine rings is 1. The van der Waals surface area contributed by atoms with Crippen LogP contribution in [0.25, 0.3) is 0 Å². The van der Waals surface area contributed by atoms with E-state index < -0.39 is 0 Å². The first-order chi connectivity index (χ1) is 15.7. The summed E-state index contributed by atoms with van der Waals surface area (Å²) >= 11 is 0. The molecule has 1 amide bonds. The highest BCUT2D eigenvalue weighted by Gasteiger charge is 2.21. The summed E-state index contributed by atoms with van der Waals surface area (Å²) in [6.07, 6.45) is 3.48. The third-order valence-electron chi connectivity index (χ3n) is 6.40. The highest BCUT2D eigenvalue weighted by Crippen LogP contribution is 2.21. The number of hydrogen-bond donors (Lipinski definition) is 5. The van der Waals surface area contributed by atoms with Gasteiger partial charge in [0.15, 0.2) is 0 Å². The fraction of sp³-hybridized carbons (Fsp3) is 0.480. The van der Waals surface area contributed by atoms with Crippen LogP contribution in [0.1, 0.15) is 41.1 Å². The Balaban J connectivity index is 1.23. The Morgan fingerprint density at radius 1 is 1.09 bits per heavy atom. The lowest BCUT2D eigenvalue weighted by Crippen LogP contribution is -2.55. The summed E-state index contributed by atoms with van der Waals surface area (Å²) in [4.78, 5) is 12.6. The van der Waals surface area contributed by atoms with Gasteiger partial charge in [-0.1, -0.05) is 18.2 Å². The smallest absolute Gasteiger partial charge is 0.251 e. The molecule has 2 aromatic rings. The first-order valence-corrected chi connectivity index (χ1v) is 11.7. The van der Waals surface area contributed by atoms with Gasteiger partial charge in [0.05, 0.1) is 7.11 Å². The van der Waals surface area contributed by atoms with Crippen molar-refractivity contribution in [1.82, 2.24) is 21.3 Å². The zero-order valence-corrected chi connectivity index (χ0v) is 18.8. The Hall–Kier alpha value is -2.61. The van der Waals surface area contributed by atoms with Crippen molar-refractivity contribution in [3.8, 4) is 5.75 Å². The number of carbonyl (C=O) groups is 1. The predicted molar refractivity (Wildman–Crippen MR) is 128 cm³/mol. The van der Waals surface area contributed by atoms with Crippen molar-refractivity contribution in [2.75, 3.05) is 45.2 Å². The summed E-state index contributed by atoms with van der Waals surface area (Å²) in [5.74, 6) is 1.93. The second-order valence-electron chi connectivity index (χ2n) is 8.70. The van der Waals surface area contributed by atoms with Gasteiger partial charge in [-0.2, -0.15) is 0 Å². The van der Waals surface area contributed by atoms with E-state index in [2.05, 4.69) is 38.7 Å². The van der Waals surface area contributed by atoms with E-state index in [0.29, 0.717) is 17.4 Å². The summed E-state index contributed by atoms with van der Waals surface area (Å²) < 4.78 is 5.24. The molecule has 7 nitrogen and oxygen atoms in total. The lowest BCUT2D eigenvalue weighted by atomic mass is 9.96. The average Bonchev–Trinajstić information content (AvgIpc) is 2.85. The fourth-order valence-corrected chi connectivity index (χ4v) is 4.46. The Morgan fingerprint density at radius 3 is 2.62 bits per heavy atom. The molecule has 0 aromatic heterocycles. The van der Waals surface area contributed by atoms with Crippen LogP contribution in [0.4, 0.5) is 5.69 Å². The van der Waals surface area contributed by atoms with Crippen LogP contribution >= 0.6 is 0 Å². The zero-order chi connectivity index (χ0) is 22.2. The molecule has 4 rings (SSSR count). The van der Waals surface area contributed by atoms with Gasteiger partial charge < -0.3 is 20.7 Å². The number of rotatable bonds is 8. The SMILES string of the molecule is COc1ccc(C2CNC(Nc3cccc(C(=O)NCCC4CCCNC4)c3)NC2)cc1. The van der Waals surface area contributed by atoms with E-state index >= 15 is 0 Å². The third kappa shape index (κ3) is 6.22. The molecular formula is C25H35N5O2. The highest BCUT2D eigenvalue weighted by atomic mass is 16.5. The minimum absolute atomic E-state index is 0.0125. The van der Waals surface area contributed by atoms with E-state index in [4.69, 9.17) is 4.74 Å². The van der Waals surface area contributed by atoms with Gasteiger partial charge in [-0.05, 0) is 74.2 Å². The fourth-order valence-electron chi connectivity index (χ4n) is 4.46. The molecule has 1 unspecified atom stereocenters. The lowest BCUT2D eigenvalue weighted by Gasteiger charge is -2.32. The number of anilines is 1. The summed E-state index contributed by atoms with van der Waals surface area (Å²) in [6, 6.07) is 15.9. The van der Waals surface area contributed by atoms with Gasteiger partial charge >= 0.3 is 0 Å². The van der Waals surface area contributed by atoms with Crippen LogP contribution in [0.2, 0.25) is 0 Å². The van der Waals surface area contributed by atoms with Gasteiger partial charge in [0.1, 0.15) is 12.0 Å². The number of nitrogens with one attached hydrogen (secondary N) is 5. The number of methoxy groups -OCH3 is 1. The molecule has 5 N–H and O–H groups in total. The van der Waals surface area contributed by atoms with Crippen LogP contribution < -0.4 is 31.3 Å². The highest BCUT2D eigenvalue weighted by molar-refractivity contribution is 5.95. The molecule has 1 atom stereocenters. The normalized spacial score (nSPS) is 23.3. The topological polar surface area (TPSA) is 86.5 Å². The van der Waals surface area contributed by atoms with Crippen LogP contribution in [0.3, 0.4) is 0 Å². The van der Waals surface area contributed by atoms with Crippen LogP contribution in [0.15, 0.2) is 48.5 Å². The van der Waals surface area contributed by atoms with E-state index in [9.17, 15) is 4.79 Å². The van der Waals surface area contributed by atoms with E-state index in [1.807, 2.05) is 36.4 Å². The quantitative estimate of drug-likeness (QED) is 0.436. The lowest BCUT2D eigenvalue weighted by molar-refractivity contribution is 0.0950. The molecule has 0 radical (unpaired) electrons.